The van der Waals surface area contributed by atoms with Crippen LogP contribution in [0.4, 0.5) is 0 Å². The summed E-state index contributed by atoms with van der Waals surface area (Å²) in [4.78, 5) is 30.9. The van der Waals surface area contributed by atoms with Crippen LogP contribution in [-0.2, 0) is 0 Å². The highest BCUT2D eigenvalue weighted by Gasteiger charge is 2.31. The Bertz CT molecular complexity index is 711. The molecule has 2 aromatic heterocycles. The first kappa shape index (κ1) is 16.2. The van der Waals surface area contributed by atoms with Crippen LogP contribution in [0, 0.1) is 5.92 Å². The zero-order valence-electron chi connectivity index (χ0n) is 13.6. The van der Waals surface area contributed by atoms with E-state index in [4.69, 9.17) is 9.15 Å². The summed E-state index contributed by atoms with van der Waals surface area (Å²) in [6.45, 7) is 3.34. The van der Waals surface area contributed by atoms with Gasteiger partial charge in [-0.1, -0.05) is 6.07 Å². The van der Waals surface area contributed by atoms with Gasteiger partial charge in [0.25, 0.3) is 11.9 Å². The first-order valence-electron chi connectivity index (χ1n) is 8.16. The Morgan fingerprint density at radius 3 is 2.96 bits per heavy atom. The molecule has 1 aliphatic heterocycles. The van der Waals surface area contributed by atoms with Crippen molar-refractivity contribution in [1.82, 2.24) is 9.88 Å². The van der Waals surface area contributed by atoms with Crippen molar-refractivity contribution in [2.45, 2.75) is 19.8 Å². The highest BCUT2D eigenvalue weighted by atomic mass is 16.6. The van der Waals surface area contributed by atoms with Crippen molar-refractivity contribution in [3.05, 3.63) is 48.0 Å². The van der Waals surface area contributed by atoms with Gasteiger partial charge in [0.1, 0.15) is 5.69 Å². The molecule has 1 aliphatic rings. The fraction of sp³-hybridized carbons (Fsp3) is 0.389. The minimum atomic E-state index is -0.223. The van der Waals surface area contributed by atoms with Crippen molar-refractivity contribution in [3.8, 4) is 5.95 Å². The molecular weight excluding hydrogens is 308 g/mol. The number of ketones is 1. The highest BCUT2D eigenvalue weighted by Crippen LogP contribution is 2.23. The third-order valence-corrected chi connectivity index (χ3v) is 4.08. The average Bonchev–Trinajstić information content (AvgIpc) is 3.10. The number of nitrogens with zero attached hydrogens (tertiary/aromatic N) is 2. The lowest BCUT2D eigenvalue weighted by atomic mass is 9.92. The first-order chi connectivity index (χ1) is 11.7. The van der Waals surface area contributed by atoms with E-state index in [0.29, 0.717) is 31.3 Å². The van der Waals surface area contributed by atoms with Gasteiger partial charge in [-0.25, -0.2) is 0 Å². The monoisotopic (exact) mass is 328 g/mol. The number of ether oxygens (including phenoxy) is 1. The van der Waals surface area contributed by atoms with Crippen LogP contribution in [0.1, 0.15) is 40.8 Å². The summed E-state index contributed by atoms with van der Waals surface area (Å²) in [5.41, 5.74) is 0.452. The summed E-state index contributed by atoms with van der Waals surface area (Å²) < 4.78 is 10.7. The van der Waals surface area contributed by atoms with E-state index in [0.717, 1.165) is 12.8 Å². The second-order valence-electron chi connectivity index (χ2n) is 5.72. The molecule has 2 aromatic rings. The number of hydrogen-bond acceptors (Lipinski definition) is 5. The number of rotatable bonds is 5. The van der Waals surface area contributed by atoms with Crippen LogP contribution in [-0.4, -0.2) is 41.3 Å². The lowest BCUT2D eigenvalue weighted by molar-refractivity contribution is 0.0603. The van der Waals surface area contributed by atoms with Gasteiger partial charge in [-0.05, 0) is 38.0 Å². The summed E-state index contributed by atoms with van der Waals surface area (Å²) >= 11 is 0. The minimum Gasteiger partial charge on any atom is -0.465 e. The molecule has 6 heteroatoms. The summed E-state index contributed by atoms with van der Waals surface area (Å²) in [7, 11) is 0. The second-order valence-corrected chi connectivity index (χ2v) is 5.72. The standard InChI is InChI=1S/C18H20N2O4/c1-2-23-16-9-8-15(24-16)18(22)20-11-5-6-13(12-20)17(21)14-7-3-4-10-19-14/h3-4,7-10,13H,2,5-6,11-12H2,1H3/t13-/m1/s1. The first-order valence-corrected chi connectivity index (χ1v) is 8.16. The van der Waals surface area contributed by atoms with E-state index in [1.165, 1.54) is 0 Å². The molecule has 0 saturated carbocycles. The van der Waals surface area contributed by atoms with Crippen LogP contribution in [0.25, 0.3) is 0 Å². The number of aromatic nitrogens is 1. The van der Waals surface area contributed by atoms with Crippen LogP contribution < -0.4 is 4.74 Å². The Morgan fingerprint density at radius 1 is 1.33 bits per heavy atom. The molecule has 3 heterocycles. The van der Waals surface area contributed by atoms with Gasteiger partial charge in [-0.15, -0.1) is 0 Å². The number of Topliss-reactive ketones (excluding diaryl/α,β-unsaturated/α-hetero) is 1. The molecule has 0 radical (unpaired) electrons. The lowest BCUT2D eigenvalue weighted by Gasteiger charge is -2.31. The Balaban J connectivity index is 1.68. The Labute approximate surface area is 140 Å². The van der Waals surface area contributed by atoms with Crippen LogP contribution in [0.5, 0.6) is 5.95 Å². The van der Waals surface area contributed by atoms with Gasteiger partial charge >= 0.3 is 0 Å². The number of piperidine rings is 1. The summed E-state index contributed by atoms with van der Waals surface area (Å²) in [5, 5.41) is 0. The Morgan fingerprint density at radius 2 is 2.21 bits per heavy atom. The van der Waals surface area contributed by atoms with Crippen molar-refractivity contribution in [1.29, 1.82) is 0 Å². The predicted octanol–water partition coefficient (Wildman–Crippen LogP) is 2.81. The van der Waals surface area contributed by atoms with E-state index < -0.39 is 0 Å². The Kier molecular flexibility index (Phi) is 4.93. The third-order valence-electron chi connectivity index (χ3n) is 4.08. The van der Waals surface area contributed by atoms with Crippen molar-refractivity contribution in [2.75, 3.05) is 19.7 Å². The van der Waals surface area contributed by atoms with Crippen LogP contribution in [0.3, 0.4) is 0 Å². The van der Waals surface area contributed by atoms with Gasteiger partial charge in [-0.3, -0.25) is 14.6 Å². The predicted molar refractivity (Wildman–Crippen MR) is 87.1 cm³/mol. The number of furan rings is 1. The van der Waals surface area contributed by atoms with Gasteiger partial charge in [0.15, 0.2) is 11.5 Å². The van der Waals surface area contributed by atoms with Gasteiger partial charge in [0, 0.05) is 31.3 Å². The molecule has 1 saturated heterocycles. The quantitative estimate of drug-likeness (QED) is 0.789. The number of carbonyl (C=O) groups excluding carboxylic acids is 2. The van der Waals surface area contributed by atoms with Crippen LogP contribution >= 0.6 is 0 Å². The van der Waals surface area contributed by atoms with Crippen LogP contribution in [0.2, 0.25) is 0 Å². The number of carbonyl (C=O) groups is 2. The molecule has 0 spiro atoms. The molecule has 0 aliphatic carbocycles. The number of hydrogen-bond donors (Lipinski definition) is 0. The molecule has 1 atom stereocenters. The number of pyridine rings is 1. The van der Waals surface area contributed by atoms with E-state index >= 15 is 0 Å². The molecule has 0 bridgehead atoms. The summed E-state index contributed by atoms with van der Waals surface area (Å²) in [6.07, 6.45) is 3.16. The van der Waals surface area contributed by atoms with Crippen molar-refractivity contribution < 1.29 is 18.7 Å². The molecule has 0 N–H and O–H groups in total. The van der Waals surface area contributed by atoms with Gasteiger partial charge < -0.3 is 14.1 Å². The molecule has 1 amide bonds. The molecule has 24 heavy (non-hydrogen) atoms. The minimum absolute atomic E-state index is 0.0115. The molecule has 6 nitrogen and oxygen atoms in total. The topological polar surface area (TPSA) is 72.6 Å². The fourth-order valence-electron chi connectivity index (χ4n) is 2.90. The number of likely N-dealkylation sites (tertiary alicyclic amines) is 1. The average molecular weight is 328 g/mol. The molecule has 0 aromatic carbocycles. The number of amides is 1. The van der Waals surface area contributed by atoms with E-state index in [1.54, 1.807) is 41.4 Å². The van der Waals surface area contributed by atoms with Crippen molar-refractivity contribution >= 4 is 11.7 Å². The summed E-state index contributed by atoms with van der Waals surface area (Å²) in [5.74, 6) is 0.129. The normalized spacial score (nSPS) is 17.5. The van der Waals surface area contributed by atoms with E-state index in [1.807, 2.05) is 6.92 Å². The zero-order valence-corrected chi connectivity index (χ0v) is 13.6. The molecule has 0 unspecified atom stereocenters. The SMILES string of the molecule is CCOc1ccc(C(=O)N2CCC[C@@H](C(=O)c3ccccn3)C2)o1. The molecule has 126 valence electrons. The van der Waals surface area contributed by atoms with Gasteiger partial charge in [0.05, 0.1) is 6.61 Å². The largest absolute Gasteiger partial charge is 0.465 e. The smallest absolute Gasteiger partial charge is 0.289 e. The second kappa shape index (κ2) is 7.29. The third kappa shape index (κ3) is 3.48. The maximum Gasteiger partial charge on any atom is 0.289 e. The van der Waals surface area contributed by atoms with Gasteiger partial charge in [-0.2, -0.15) is 0 Å². The van der Waals surface area contributed by atoms with Gasteiger partial charge in [0.2, 0.25) is 0 Å². The molecular formula is C18H20N2O4. The summed E-state index contributed by atoms with van der Waals surface area (Å²) in [6, 6.07) is 8.53. The van der Waals surface area contributed by atoms with Crippen LogP contribution in [0.15, 0.2) is 40.9 Å². The van der Waals surface area contributed by atoms with Crippen molar-refractivity contribution in [3.63, 3.8) is 0 Å². The maximum absolute atomic E-state index is 12.6. The van der Waals surface area contributed by atoms with E-state index in [2.05, 4.69) is 4.98 Å². The highest BCUT2D eigenvalue weighted by molar-refractivity contribution is 5.97. The molecule has 1 fully saturated rings. The van der Waals surface area contributed by atoms with E-state index in [-0.39, 0.29) is 23.4 Å². The Hall–Kier alpha value is -2.63. The molecule has 3 rings (SSSR count). The zero-order chi connectivity index (χ0) is 16.9. The lowest BCUT2D eigenvalue weighted by Crippen LogP contribution is -2.42. The van der Waals surface area contributed by atoms with Crippen molar-refractivity contribution in [2.24, 2.45) is 5.92 Å². The van der Waals surface area contributed by atoms with E-state index in [9.17, 15) is 9.59 Å². The fourth-order valence-corrected chi connectivity index (χ4v) is 2.90. The maximum atomic E-state index is 12.6.